The molecule has 6 heteroatoms. The molecule has 2 N–H and O–H groups in total. The number of fused-ring (bicyclic) bond motifs is 1. The second-order valence-corrected chi connectivity index (χ2v) is 6.90. The fourth-order valence-corrected chi connectivity index (χ4v) is 3.20. The molecule has 5 nitrogen and oxygen atoms in total. The Hall–Kier alpha value is -1.92. The molecular weight excluding hydrogens is 286 g/mol. The zero-order valence-corrected chi connectivity index (χ0v) is 12.5. The summed E-state index contributed by atoms with van der Waals surface area (Å²) < 4.78 is 22.5. The van der Waals surface area contributed by atoms with E-state index in [1.54, 1.807) is 6.07 Å². The minimum absolute atomic E-state index is 0.0364. The fourth-order valence-electron chi connectivity index (χ4n) is 2.75. The van der Waals surface area contributed by atoms with Crippen LogP contribution >= 0.6 is 0 Å². The lowest BCUT2D eigenvalue weighted by atomic mass is 10.1. The average molecular weight is 303 g/mol. The Bertz CT molecular complexity index is 732. The molecule has 21 heavy (non-hydrogen) atoms. The summed E-state index contributed by atoms with van der Waals surface area (Å²) in [7, 11) is -1.71. The van der Waals surface area contributed by atoms with Gasteiger partial charge in [-0.25, -0.2) is 18.5 Å². The number of aromatic nitrogens is 1. The summed E-state index contributed by atoms with van der Waals surface area (Å²) >= 11 is 0. The quantitative estimate of drug-likeness (QED) is 0.928. The number of benzene rings is 1. The molecule has 110 valence electrons. The van der Waals surface area contributed by atoms with Crippen LogP contribution in [-0.4, -0.2) is 26.5 Å². The number of nitrogens with two attached hydrogens (primary N) is 1. The maximum atomic E-state index is 11.2. The zero-order valence-electron chi connectivity index (χ0n) is 11.7. The lowest BCUT2D eigenvalue weighted by Crippen LogP contribution is -2.32. The van der Waals surface area contributed by atoms with E-state index >= 15 is 0 Å². The Morgan fingerprint density at radius 2 is 1.76 bits per heavy atom. The predicted octanol–water partition coefficient (Wildman–Crippen LogP) is 1.33. The fraction of sp³-hybridized carbons (Fsp3) is 0.267. The highest BCUT2D eigenvalue weighted by molar-refractivity contribution is 7.89. The molecule has 0 saturated heterocycles. The van der Waals surface area contributed by atoms with Gasteiger partial charge < -0.3 is 4.90 Å². The van der Waals surface area contributed by atoms with Crippen molar-refractivity contribution in [2.45, 2.75) is 23.8 Å². The standard InChI is InChI=1S/C15H17N3O2S/c1-18(13-8-11-4-2-3-5-12(11)9-13)15-7-6-14(10-17-15)21(16,19)20/h2-7,10,13H,8-9H2,1H3,(H2,16,19,20). The Balaban J connectivity index is 1.79. The van der Waals surface area contributed by atoms with E-state index in [0.717, 1.165) is 18.7 Å². The van der Waals surface area contributed by atoms with Crippen LogP contribution in [0.1, 0.15) is 11.1 Å². The number of pyridine rings is 1. The molecule has 0 unspecified atom stereocenters. The van der Waals surface area contributed by atoms with Gasteiger partial charge in [0.25, 0.3) is 0 Å². The van der Waals surface area contributed by atoms with Gasteiger partial charge >= 0.3 is 0 Å². The third-order valence-electron chi connectivity index (χ3n) is 3.99. The van der Waals surface area contributed by atoms with Crippen LogP contribution in [0, 0.1) is 0 Å². The summed E-state index contributed by atoms with van der Waals surface area (Å²) in [6.45, 7) is 0. The summed E-state index contributed by atoms with van der Waals surface area (Å²) in [5.74, 6) is 0.750. The first-order chi connectivity index (χ1) is 9.95. The van der Waals surface area contributed by atoms with Crippen LogP contribution in [0.4, 0.5) is 5.82 Å². The van der Waals surface area contributed by atoms with Gasteiger partial charge in [-0.15, -0.1) is 0 Å². The number of anilines is 1. The first kappa shape index (κ1) is 14.0. The first-order valence-corrected chi connectivity index (χ1v) is 8.28. The minimum Gasteiger partial charge on any atom is -0.356 e. The highest BCUT2D eigenvalue weighted by Gasteiger charge is 2.25. The van der Waals surface area contributed by atoms with Crippen LogP contribution in [0.15, 0.2) is 47.5 Å². The second kappa shape index (κ2) is 5.13. The van der Waals surface area contributed by atoms with E-state index in [1.165, 1.54) is 23.4 Å². The van der Waals surface area contributed by atoms with Crippen molar-refractivity contribution in [1.29, 1.82) is 0 Å². The van der Waals surface area contributed by atoms with Crippen molar-refractivity contribution in [2.24, 2.45) is 5.14 Å². The predicted molar refractivity (Wildman–Crippen MR) is 81.7 cm³/mol. The molecule has 0 amide bonds. The summed E-state index contributed by atoms with van der Waals surface area (Å²) in [5.41, 5.74) is 2.74. The number of rotatable bonds is 3. The lowest BCUT2D eigenvalue weighted by molar-refractivity contribution is 0.597. The van der Waals surface area contributed by atoms with Crippen LogP contribution in [0.25, 0.3) is 0 Å². The Kier molecular flexibility index (Phi) is 3.43. The van der Waals surface area contributed by atoms with Gasteiger partial charge in [-0.1, -0.05) is 24.3 Å². The smallest absolute Gasteiger partial charge is 0.239 e. The molecule has 1 aromatic heterocycles. The van der Waals surface area contributed by atoms with Crippen molar-refractivity contribution in [3.63, 3.8) is 0 Å². The van der Waals surface area contributed by atoms with Crippen LogP contribution in [0.5, 0.6) is 0 Å². The number of nitrogens with zero attached hydrogens (tertiary/aromatic N) is 2. The van der Waals surface area contributed by atoms with E-state index in [4.69, 9.17) is 5.14 Å². The molecule has 0 saturated carbocycles. The first-order valence-electron chi connectivity index (χ1n) is 6.73. The van der Waals surface area contributed by atoms with E-state index in [9.17, 15) is 8.42 Å². The van der Waals surface area contributed by atoms with Crippen molar-refractivity contribution in [1.82, 2.24) is 4.98 Å². The molecule has 1 aromatic carbocycles. The summed E-state index contributed by atoms with van der Waals surface area (Å²) in [6, 6.07) is 12.0. The van der Waals surface area contributed by atoms with Gasteiger partial charge in [-0.2, -0.15) is 0 Å². The van der Waals surface area contributed by atoms with E-state index in [2.05, 4.69) is 34.1 Å². The third-order valence-corrected chi connectivity index (χ3v) is 4.89. The molecule has 1 aliphatic carbocycles. The third kappa shape index (κ3) is 2.77. The molecule has 0 fully saturated rings. The van der Waals surface area contributed by atoms with Crippen LogP contribution in [-0.2, 0) is 22.9 Å². The largest absolute Gasteiger partial charge is 0.356 e. The van der Waals surface area contributed by atoms with E-state index < -0.39 is 10.0 Å². The number of primary sulfonamides is 1. The number of hydrogen-bond acceptors (Lipinski definition) is 4. The average Bonchev–Trinajstić information content (AvgIpc) is 2.89. The van der Waals surface area contributed by atoms with Crippen molar-refractivity contribution < 1.29 is 8.42 Å². The maximum absolute atomic E-state index is 11.2. The van der Waals surface area contributed by atoms with Gasteiger partial charge in [0.15, 0.2) is 0 Å². The molecule has 0 bridgehead atoms. The van der Waals surface area contributed by atoms with E-state index in [0.29, 0.717) is 6.04 Å². The number of likely N-dealkylation sites (N-methyl/N-ethyl adjacent to an activating group) is 1. The van der Waals surface area contributed by atoms with Gasteiger partial charge in [-0.05, 0) is 36.1 Å². The summed E-state index contributed by atoms with van der Waals surface area (Å²) in [6.07, 6.45) is 3.26. The van der Waals surface area contributed by atoms with Crippen LogP contribution in [0.3, 0.4) is 0 Å². The Labute approximate surface area is 124 Å². The molecule has 2 aromatic rings. The molecule has 0 radical (unpaired) electrons. The Morgan fingerprint density at radius 3 is 2.24 bits per heavy atom. The zero-order chi connectivity index (χ0) is 15.0. The van der Waals surface area contributed by atoms with Crippen molar-refractivity contribution in [2.75, 3.05) is 11.9 Å². The van der Waals surface area contributed by atoms with Crippen molar-refractivity contribution in [3.05, 3.63) is 53.7 Å². The highest BCUT2D eigenvalue weighted by atomic mass is 32.2. The van der Waals surface area contributed by atoms with E-state index in [-0.39, 0.29) is 4.90 Å². The van der Waals surface area contributed by atoms with Crippen LogP contribution in [0.2, 0.25) is 0 Å². The van der Waals surface area contributed by atoms with Gasteiger partial charge in [0.2, 0.25) is 10.0 Å². The normalized spacial score (nSPS) is 15.0. The van der Waals surface area contributed by atoms with Gasteiger partial charge in [0, 0.05) is 19.3 Å². The topological polar surface area (TPSA) is 76.3 Å². The molecule has 3 rings (SSSR count). The number of sulfonamides is 1. The monoisotopic (exact) mass is 303 g/mol. The molecule has 0 aliphatic heterocycles. The van der Waals surface area contributed by atoms with Crippen molar-refractivity contribution in [3.8, 4) is 0 Å². The number of hydrogen-bond donors (Lipinski definition) is 1. The van der Waals surface area contributed by atoms with Gasteiger partial charge in [0.1, 0.15) is 10.7 Å². The second-order valence-electron chi connectivity index (χ2n) is 5.34. The molecule has 0 atom stereocenters. The van der Waals surface area contributed by atoms with E-state index in [1.807, 2.05) is 7.05 Å². The maximum Gasteiger partial charge on any atom is 0.239 e. The Morgan fingerprint density at radius 1 is 1.14 bits per heavy atom. The lowest BCUT2D eigenvalue weighted by Gasteiger charge is -2.25. The molecule has 0 spiro atoms. The van der Waals surface area contributed by atoms with Crippen LogP contribution < -0.4 is 10.0 Å². The molecule has 1 aliphatic rings. The van der Waals surface area contributed by atoms with Gasteiger partial charge in [0.05, 0.1) is 0 Å². The summed E-state index contributed by atoms with van der Waals surface area (Å²) in [4.78, 5) is 6.35. The minimum atomic E-state index is -3.69. The highest BCUT2D eigenvalue weighted by Crippen LogP contribution is 2.27. The van der Waals surface area contributed by atoms with Gasteiger partial charge in [-0.3, -0.25) is 0 Å². The van der Waals surface area contributed by atoms with Crippen molar-refractivity contribution >= 4 is 15.8 Å². The molecule has 1 heterocycles. The summed E-state index contributed by atoms with van der Waals surface area (Å²) in [5, 5.41) is 5.08. The SMILES string of the molecule is CN(c1ccc(S(N)(=O)=O)cn1)C1Cc2ccccc2C1. The molecular formula is C15H17N3O2S.